The first kappa shape index (κ1) is 11.6. The summed E-state index contributed by atoms with van der Waals surface area (Å²) in [6.07, 6.45) is 0. The van der Waals surface area contributed by atoms with Crippen LogP contribution in [0.4, 0.5) is 0 Å². The molecule has 0 unspecified atom stereocenters. The summed E-state index contributed by atoms with van der Waals surface area (Å²) in [5, 5.41) is 0. The van der Waals surface area contributed by atoms with Crippen LogP contribution in [-0.2, 0) is 4.80 Å². The molecule has 1 nitrogen and oxygen atoms in total. The second-order valence-corrected chi connectivity index (χ2v) is 33.3. The van der Waals surface area contributed by atoms with Crippen molar-refractivity contribution in [1.29, 1.82) is 0 Å². The Morgan fingerprint density at radius 1 is 0.727 bits per heavy atom. The summed E-state index contributed by atoms with van der Waals surface area (Å²) in [5.74, 6) is 0. The molecule has 0 spiro atoms. The van der Waals surface area contributed by atoms with Gasteiger partial charge in [0.1, 0.15) is 0 Å². The number of hydrogen-bond donors (Lipinski definition) is 0. The maximum atomic E-state index is 12.0. The van der Waals surface area contributed by atoms with E-state index in [1.807, 2.05) is 13.1 Å². The lowest BCUT2D eigenvalue weighted by Gasteiger charge is -2.41. The molecule has 0 rings (SSSR count). The molecule has 0 heterocycles. The lowest BCUT2D eigenvalue weighted by molar-refractivity contribution is 0.448. The first-order valence-corrected chi connectivity index (χ1v) is 15.6. The van der Waals surface area contributed by atoms with Crippen molar-refractivity contribution in [3.8, 4) is 0 Å². The van der Waals surface area contributed by atoms with E-state index in [-0.39, 0.29) is 0 Å². The third-order valence-corrected chi connectivity index (χ3v) is 42.6. The Bertz CT molecular complexity index is 125. The van der Waals surface area contributed by atoms with Crippen molar-refractivity contribution >= 4 is 22.5 Å². The molecule has 0 N–H and O–H groups in total. The van der Waals surface area contributed by atoms with Gasteiger partial charge >= 0.3 is 0 Å². The molecule has 11 heavy (non-hydrogen) atoms. The van der Waals surface area contributed by atoms with E-state index in [0.29, 0.717) is 0 Å². The van der Waals surface area contributed by atoms with Crippen LogP contribution in [0.2, 0.25) is 45.8 Å². The van der Waals surface area contributed by atoms with Crippen molar-refractivity contribution in [3.05, 3.63) is 0 Å². The standard InChI is InChI=1S/C7H21OSi3/c1-9(2,3)11(6,7)10(4,5)8/h1-7H3. The lowest BCUT2D eigenvalue weighted by Crippen LogP contribution is -2.68. The van der Waals surface area contributed by atoms with Crippen LogP contribution in [0.15, 0.2) is 0 Å². The fourth-order valence-corrected chi connectivity index (χ4v) is 24.4. The molecule has 0 aromatic heterocycles. The van der Waals surface area contributed by atoms with Crippen molar-refractivity contribution in [2.75, 3.05) is 0 Å². The van der Waals surface area contributed by atoms with Crippen LogP contribution in [-0.4, -0.2) is 22.5 Å². The van der Waals surface area contributed by atoms with Gasteiger partial charge in [-0.3, -0.25) is 0 Å². The molecule has 0 aromatic rings. The van der Waals surface area contributed by atoms with Crippen LogP contribution in [0.25, 0.3) is 0 Å². The highest BCUT2D eigenvalue weighted by Gasteiger charge is 2.50. The Kier molecular flexibility index (Phi) is 2.99. The van der Waals surface area contributed by atoms with Crippen LogP contribution >= 0.6 is 0 Å². The lowest BCUT2D eigenvalue weighted by atomic mass is 11.8. The molecule has 0 bridgehead atoms. The van der Waals surface area contributed by atoms with Gasteiger partial charge in [-0.05, 0) is 13.1 Å². The van der Waals surface area contributed by atoms with Crippen molar-refractivity contribution < 1.29 is 4.80 Å². The molecular weight excluding hydrogens is 184 g/mol. The largest absolute Gasteiger partial charge is 0.302 e. The summed E-state index contributed by atoms with van der Waals surface area (Å²) in [7, 11) is -4.59. The number of hydrogen-bond acceptors (Lipinski definition) is 0. The van der Waals surface area contributed by atoms with Gasteiger partial charge in [-0.1, -0.05) is 32.7 Å². The third kappa shape index (κ3) is 2.27. The highest BCUT2D eigenvalue weighted by atomic mass is 29.6. The maximum absolute atomic E-state index is 12.0. The Labute approximate surface area is 73.6 Å². The minimum absolute atomic E-state index is 1.13. The molecular formula is C7H21OSi3. The van der Waals surface area contributed by atoms with Gasteiger partial charge in [0.05, 0.1) is 7.11 Å². The van der Waals surface area contributed by atoms with Gasteiger partial charge in [0.25, 0.3) is 0 Å². The Morgan fingerprint density at radius 2 is 1.00 bits per heavy atom. The van der Waals surface area contributed by atoms with Crippen molar-refractivity contribution in [2.24, 2.45) is 0 Å². The first-order valence-electron chi connectivity index (χ1n) is 4.20. The summed E-state index contributed by atoms with van der Waals surface area (Å²) in [5.41, 5.74) is 0. The van der Waals surface area contributed by atoms with E-state index < -0.39 is 22.5 Å². The molecule has 0 saturated carbocycles. The van der Waals surface area contributed by atoms with Gasteiger partial charge < -0.3 is 4.80 Å². The van der Waals surface area contributed by atoms with Gasteiger partial charge in [-0.25, -0.2) is 0 Å². The maximum Gasteiger partial charge on any atom is 0.215 e. The zero-order valence-electron chi connectivity index (χ0n) is 8.91. The molecule has 0 fully saturated rings. The summed E-state index contributed by atoms with van der Waals surface area (Å²) in [6.45, 7) is 15.7. The average Bonchev–Trinajstić information content (AvgIpc) is 1.58. The van der Waals surface area contributed by atoms with Crippen LogP contribution in [0.3, 0.4) is 0 Å². The van der Waals surface area contributed by atoms with Gasteiger partial charge in [-0.15, -0.1) is 0 Å². The van der Waals surface area contributed by atoms with Crippen molar-refractivity contribution in [2.45, 2.75) is 45.8 Å². The van der Waals surface area contributed by atoms with Gasteiger partial charge in [-0.2, -0.15) is 0 Å². The van der Waals surface area contributed by atoms with E-state index >= 15 is 0 Å². The topological polar surface area (TPSA) is 19.9 Å². The van der Waals surface area contributed by atoms with E-state index in [4.69, 9.17) is 0 Å². The van der Waals surface area contributed by atoms with Crippen LogP contribution in [0.1, 0.15) is 0 Å². The Balaban J connectivity index is 4.75. The van der Waals surface area contributed by atoms with E-state index in [2.05, 4.69) is 32.7 Å². The smallest absolute Gasteiger partial charge is 0.215 e. The van der Waals surface area contributed by atoms with E-state index in [1.165, 1.54) is 0 Å². The van der Waals surface area contributed by atoms with Gasteiger partial charge in [0, 0.05) is 7.59 Å². The molecule has 0 aromatic carbocycles. The monoisotopic (exact) mass is 205 g/mol. The van der Waals surface area contributed by atoms with E-state index in [1.54, 1.807) is 0 Å². The molecule has 0 aliphatic rings. The predicted octanol–water partition coefficient (Wildman–Crippen LogP) is 2.83. The highest BCUT2D eigenvalue weighted by molar-refractivity contribution is 7.66. The van der Waals surface area contributed by atoms with Crippen molar-refractivity contribution in [3.63, 3.8) is 0 Å². The van der Waals surface area contributed by atoms with Gasteiger partial charge in [0.2, 0.25) is 7.83 Å². The van der Waals surface area contributed by atoms with Crippen LogP contribution in [0, 0.1) is 0 Å². The molecule has 1 radical (unpaired) electrons. The molecule has 67 valence electrons. The Morgan fingerprint density at radius 3 is 1.00 bits per heavy atom. The number of rotatable bonds is 2. The zero-order chi connectivity index (χ0) is 9.50. The summed E-state index contributed by atoms with van der Waals surface area (Å²) in [6, 6.07) is 0. The second kappa shape index (κ2) is 2.83. The normalized spacial score (nSPS) is 15.3. The molecule has 4 heteroatoms. The zero-order valence-corrected chi connectivity index (χ0v) is 11.9. The molecule has 0 atom stereocenters. The predicted molar refractivity (Wildman–Crippen MR) is 59.0 cm³/mol. The fourth-order valence-electron chi connectivity index (χ4n) is 0.903. The second-order valence-electron chi connectivity index (χ2n) is 5.39. The summed E-state index contributed by atoms with van der Waals surface area (Å²) >= 11 is 0. The first-order chi connectivity index (χ1) is 4.50. The minimum atomic E-state index is -2.07. The highest BCUT2D eigenvalue weighted by Crippen LogP contribution is 2.26. The van der Waals surface area contributed by atoms with Crippen molar-refractivity contribution in [1.82, 2.24) is 0 Å². The fraction of sp³-hybridized carbons (Fsp3) is 1.00. The Hall–Kier alpha value is 0.611. The third-order valence-electron chi connectivity index (χ3n) is 3.38. The van der Waals surface area contributed by atoms with Crippen LogP contribution < -0.4 is 0 Å². The summed E-state index contributed by atoms with van der Waals surface area (Å²) < 4.78 is 0. The SMILES string of the molecule is C[Si](C)(C)[Si](C)(C)[Si](C)(C)[O]. The molecule has 0 aliphatic carbocycles. The molecule has 0 aliphatic heterocycles. The summed E-state index contributed by atoms with van der Waals surface area (Å²) in [4.78, 5) is 12.0. The molecule has 0 saturated heterocycles. The van der Waals surface area contributed by atoms with E-state index in [0.717, 1.165) is 0 Å². The average molecular weight is 206 g/mol. The minimum Gasteiger partial charge on any atom is -0.302 e. The molecule has 0 amide bonds. The van der Waals surface area contributed by atoms with Gasteiger partial charge in [0.15, 0.2) is 0 Å². The van der Waals surface area contributed by atoms with E-state index in [9.17, 15) is 4.80 Å². The quantitative estimate of drug-likeness (QED) is 0.618. The van der Waals surface area contributed by atoms with Crippen LogP contribution in [0.5, 0.6) is 0 Å².